The van der Waals surface area contributed by atoms with Gasteiger partial charge in [-0.1, -0.05) is 31.5 Å². The number of aryl methyl sites for hydroxylation is 1. The molecule has 0 unspecified atom stereocenters. The maximum Gasteiger partial charge on any atom is 0.278 e. The van der Waals surface area contributed by atoms with Crippen LogP contribution in [0.3, 0.4) is 0 Å². The van der Waals surface area contributed by atoms with Gasteiger partial charge in [0.25, 0.3) is 11.5 Å². The van der Waals surface area contributed by atoms with Gasteiger partial charge in [0, 0.05) is 13.1 Å². The van der Waals surface area contributed by atoms with Gasteiger partial charge in [-0.15, -0.1) is 0 Å². The average molecular weight is 355 g/mol. The second-order valence-electron chi connectivity index (χ2n) is 7.30. The summed E-state index contributed by atoms with van der Waals surface area (Å²) in [5, 5.41) is 4.36. The summed E-state index contributed by atoms with van der Waals surface area (Å²) in [7, 11) is 1.45. The summed E-state index contributed by atoms with van der Waals surface area (Å²) in [6, 6.07) is 8.77. The topological polar surface area (TPSA) is 64.4 Å². The minimum Gasteiger partial charge on any atom is -0.494 e. The molecule has 3 rings (SSSR count). The number of rotatable bonds is 3. The van der Waals surface area contributed by atoms with Crippen LogP contribution in [0.5, 0.6) is 5.75 Å². The number of piperidine rings is 1. The molecule has 138 valence electrons. The fourth-order valence-electron chi connectivity index (χ4n) is 3.59. The van der Waals surface area contributed by atoms with Crippen LogP contribution in [-0.2, 0) is 0 Å². The van der Waals surface area contributed by atoms with E-state index in [9.17, 15) is 9.59 Å². The number of ether oxygens (including phenoxy) is 1. The number of benzene rings is 1. The molecule has 6 heteroatoms. The predicted molar refractivity (Wildman–Crippen MR) is 100.0 cm³/mol. The number of aromatic nitrogens is 2. The molecule has 1 aliphatic heterocycles. The molecule has 1 saturated heterocycles. The Morgan fingerprint density at radius 3 is 2.35 bits per heavy atom. The Hall–Kier alpha value is -2.63. The molecule has 26 heavy (non-hydrogen) atoms. The third-order valence-electron chi connectivity index (χ3n) is 4.75. The van der Waals surface area contributed by atoms with E-state index in [1.54, 1.807) is 0 Å². The molecule has 6 nitrogen and oxygen atoms in total. The van der Waals surface area contributed by atoms with E-state index in [0.29, 0.717) is 30.6 Å². The Kier molecular flexibility index (Phi) is 5.11. The normalized spacial score (nSPS) is 20.1. The van der Waals surface area contributed by atoms with Gasteiger partial charge in [-0.2, -0.15) is 9.78 Å². The van der Waals surface area contributed by atoms with Gasteiger partial charge in [0.15, 0.2) is 11.4 Å². The molecule has 1 amide bonds. The Morgan fingerprint density at radius 2 is 1.77 bits per heavy atom. The highest BCUT2D eigenvalue weighted by atomic mass is 16.5. The first-order valence-electron chi connectivity index (χ1n) is 8.93. The second kappa shape index (κ2) is 7.32. The van der Waals surface area contributed by atoms with Gasteiger partial charge in [-0.25, -0.2) is 0 Å². The van der Waals surface area contributed by atoms with Crippen molar-refractivity contribution in [3.63, 3.8) is 0 Å². The largest absolute Gasteiger partial charge is 0.494 e. The van der Waals surface area contributed by atoms with Gasteiger partial charge in [0.2, 0.25) is 0 Å². The van der Waals surface area contributed by atoms with Gasteiger partial charge < -0.3 is 9.64 Å². The summed E-state index contributed by atoms with van der Waals surface area (Å²) in [6.45, 7) is 7.65. The molecular formula is C20H25N3O3. The molecule has 1 aromatic carbocycles. The van der Waals surface area contributed by atoms with E-state index in [4.69, 9.17) is 4.74 Å². The number of hydrogen-bond acceptors (Lipinski definition) is 4. The Labute approximate surface area is 153 Å². The van der Waals surface area contributed by atoms with Gasteiger partial charge in [-0.05, 0) is 37.3 Å². The lowest BCUT2D eigenvalue weighted by molar-refractivity contribution is 0.0611. The Bertz CT molecular complexity index is 848. The van der Waals surface area contributed by atoms with Crippen molar-refractivity contribution in [2.75, 3.05) is 20.2 Å². The lowest BCUT2D eigenvalue weighted by atomic mass is 9.92. The maximum atomic E-state index is 13.1. The SMILES string of the molecule is COc1cc(=O)n(-c2ccc(C)cc2)nc1C(=O)N1C[C@H](C)C[C@@H](C)C1. The van der Waals surface area contributed by atoms with Crippen LogP contribution in [0.4, 0.5) is 0 Å². The molecule has 0 spiro atoms. The van der Waals surface area contributed by atoms with Crippen LogP contribution >= 0.6 is 0 Å². The van der Waals surface area contributed by atoms with Crippen molar-refractivity contribution in [1.82, 2.24) is 14.7 Å². The molecule has 0 radical (unpaired) electrons. The number of carbonyl (C=O) groups is 1. The summed E-state index contributed by atoms with van der Waals surface area (Å²) < 4.78 is 6.53. The van der Waals surface area contributed by atoms with Crippen LogP contribution in [0.25, 0.3) is 5.69 Å². The van der Waals surface area contributed by atoms with Crippen molar-refractivity contribution in [1.29, 1.82) is 0 Å². The molecule has 1 aromatic heterocycles. The van der Waals surface area contributed by atoms with E-state index >= 15 is 0 Å². The van der Waals surface area contributed by atoms with E-state index in [-0.39, 0.29) is 22.9 Å². The van der Waals surface area contributed by atoms with Crippen LogP contribution in [0, 0.1) is 18.8 Å². The lowest BCUT2D eigenvalue weighted by Gasteiger charge is -2.34. The summed E-state index contributed by atoms with van der Waals surface area (Å²) >= 11 is 0. The zero-order valence-electron chi connectivity index (χ0n) is 15.7. The highest BCUT2D eigenvalue weighted by Crippen LogP contribution is 2.24. The molecule has 2 aromatic rings. The molecule has 0 saturated carbocycles. The third-order valence-corrected chi connectivity index (χ3v) is 4.75. The number of amides is 1. The summed E-state index contributed by atoms with van der Waals surface area (Å²) in [6.07, 6.45) is 1.11. The van der Waals surface area contributed by atoms with Gasteiger partial charge >= 0.3 is 0 Å². The van der Waals surface area contributed by atoms with Crippen molar-refractivity contribution in [3.05, 3.63) is 51.9 Å². The number of likely N-dealkylation sites (tertiary alicyclic amines) is 1. The van der Waals surface area contributed by atoms with E-state index in [2.05, 4.69) is 18.9 Å². The zero-order chi connectivity index (χ0) is 18.8. The fraction of sp³-hybridized carbons (Fsp3) is 0.450. The zero-order valence-corrected chi connectivity index (χ0v) is 15.7. The minimum atomic E-state index is -0.331. The molecular weight excluding hydrogens is 330 g/mol. The smallest absolute Gasteiger partial charge is 0.278 e. The van der Waals surface area contributed by atoms with Crippen molar-refractivity contribution >= 4 is 5.91 Å². The first kappa shape index (κ1) is 18.2. The maximum absolute atomic E-state index is 13.1. The van der Waals surface area contributed by atoms with Gasteiger partial charge in [0.05, 0.1) is 18.9 Å². The van der Waals surface area contributed by atoms with E-state index in [1.807, 2.05) is 36.1 Å². The first-order valence-corrected chi connectivity index (χ1v) is 8.93. The number of nitrogens with zero attached hydrogens (tertiary/aromatic N) is 3. The van der Waals surface area contributed by atoms with Gasteiger partial charge in [-0.3, -0.25) is 9.59 Å². The highest BCUT2D eigenvalue weighted by Gasteiger charge is 2.29. The van der Waals surface area contributed by atoms with Crippen molar-refractivity contribution in [3.8, 4) is 11.4 Å². The number of hydrogen-bond donors (Lipinski definition) is 0. The van der Waals surface area contributed by atoms with E-state index < -0.39 is 0 Å². The molecule has 0 aliphatic carbocycles. The summed E-state index contributed by atoms with van der Waals surface area (Å²) in [5.41, 5.74) is 1.55. The minimum absolute atomic E-state index is 0.175. The molecule has 1 fully saturated rings. The molecule has 0 N–H and O–H groups in total. The van der Waals surface area contributed by atoms with Crippen LogP contribution in [-0.4, -0.2) is 40.8 Å². The average Bonchev–Trinajstić information content (AvgIpc) is 2.61. The third kappa shape index (κ3) is 3.64. The van der Waals surface area contributed by atoms with E-state index in [1.165, 1.54) is 17.9 Å². The van der Waals surface area contributed by atoms with Crippen LogP contribution in [0.2, 0.25) is 0 Å². The van der Waals surface area contributed by atoms with Crippen LogP contribution in [0.1, 0.15) is 36.3 Å². The monoisotopic (exact) mass is 355 g/mol. The first-order chi connectivity index (χ1) is 12.4. The molecule has 1 aliphatic rings. The van der Waals surface area contributed by atoms with Crippen LogP contribution in [0.15, 0.2) is 35.1 Å². The Balaban J connectivity index is 2.02. The highest BCUT2D eigenvalue weighted by molar-refractivity contribution is 5.94. The molecule has 2 atom stereocenters. The molecule has 2 heterocycles. The number of methoxy groups -OCH3 is 1. The lowest BCUT2D eigenvalue weighted by Crippen LogP contribution is -2.43. The second-order valence-corrected chi connectivity index (χ2v) is 7.30. The summed E-state index contributed by atoms with van der Waals surface area (Å²) in [4.78, 5) is 27.3. The van der Waals surface area contributed by atoms with Crippen LogP contribution < -0.4 is 10.3 Å². The van der Waals surface area contributed by atoms with Crippen molar-refractivity contribution in [2.45, 2.75) is 27.2 Å². The fourth-order valence-corrected chi connectivity index (χ4v) is 3.59. The summed E-state index contributed by atoms with van der Waals surface area (Å²) in [5.74, 6) is 0.906. The number of carbonyl (C=O) groups excluding carboxylic acids is 1. The predicted octanol–water partition coefficient (Wildman–Crippen LogP) is 2.67. The van der Waals surface area contributed by atoms with Gasteiger partial charge in [0.1, 0.15) is 0 Å². The van der Waals surface area contributed by atoms with Crippen molar-refractivity contribution in [2.24, 2.45) is 11.8 Å². The van der Waals surface area contributed by atoms with E-state index in [0.717, 1.165) is 12.0 Å². The molecule has 0 bridgehead atoms. The quantitative estimate of drug-likeness (QED) is 0.849. The Morgan fingerprint density at radius 1 is 1.15 bits per heavy atom. The van der Waals surface area contributed by atoms with Crippen molar-refractivity contribution < 1.29 is 9.53 Å². The standard InChI is InChI=1S/C20H25N3O3/c1-13-5-7-16(8-6-13)23-18(24)10-17(26-4)19(21-23)20(25)22-11-14(2)9-15(3)12-22/h5-8,10,14-15H,9,11-12H2,1-4H3/t14-,15-/m1/s1.